The monoisotopic (exact) mass is 434 g/mol. The first-order valence-corrected chi connectivity index (χ1v) is 9.76. The maximum Gasteiger partial charge on any atom is 0.337 e. The Kier molecular flexibility index (Phi) is 6.74. The number of methoxy groups -OCH3 is 1. The van der Waals surface area contributed by atoms with Crippen LogP contribution in [0.15, 0.2) is 30.3 Å². The quantitative estimate of drug-likeness (QED) is 0.532. The van der Waals surface area contributed by atoms with Crippen LogP contribution in [-0.4, -0.2) is 49.4 Å². The average molecular weight is 434 g/mol. The highest BCUT2D eigenvalue weighted by Gasteiger charge is 2.34. The van der Waals surface area contributed by atoms with Crippen LogP contribution in [0.1, 0.15) is 40.9 Å². The molecule has 1 heterocycles. The number of halogens is 2. The molecule has 31 heavy (non-hydrogen) atoms. The van der Waals surface area contributed by atoms with E-state index in [-0.39, 0.29) is 42.7 Å². The smallest absolute Gasteiger partial charge is 0.337 e. The van der Waals surface area contributed by atoms with Crippen LogP contribution in [0.4, 0.5) is 19.3 Å². The lowest BCUT2D eigenvalue weighted by Gasteiger charge is -2.39. The number of hydrogen-bond donors (Lipinski definition) is 1. The number of esters is 1. The molecule has 7 nitrogen and oxygen atoms in total. The summed E-state index contributed by atoms with van der Waals surface area (Å²) < 4.78 is 39.4. The van der Waals surface area contributed by atoms with E-state index < -0.39 is 23.6 Å². The number of benzene rings is 2. The van der Waals surface area contributed by atoms with Crippen molar-refractivity contribution in [3.63, 3.8) is 0 Å². The van der Waals surface area contributed by atoms with E-state index in [0.29, 0.717) is 12.1 Å². The molecule has 3 rings (SSSR count). The Bertz CT molecular complexity index is 975. The molecule has 1 aliphatic rings. The van der Waals surface area contributed by atoms with Gasteiger partial charge in [-0.2, -0.15) is 0 Å². The van der Waals surface area contributed by atoms with Crippen molar-refractivity contribution in [1.29, 1.82) is 0 Å². The van der Waals surface area contributed by atoms with Crippen molar-refractivity contribution in [2.45, 2.75) is 25.9 Å². The van der Waals surface area contributed by atoms with Gasteiger partial charge in [0, 0.05) is 37.8 Å². The molecule has 0 saturated carbocycles. The van der Waals surface area contributed by atoms with Gasteiger partial charge in [0.1, 0.15) is 17.4 Å². The van der Waals surface area contributed by atoms with Gasteiger partial charge in [0.2, 0.25) is 0 Å². The molecule has 1 atom stereocenters. The molecule has 2 aromatic carbocycles. The minimum Gasteiger partial charge on any atom is -0.493 e. The highest BCUT2D eigenvalue weighted by Crippen LogP contribution is 2.38. The highest BCUT2D eigenvalue weighted by atomic mass is 19.1. The second kappa shape index (κ2) is 9.30. The lowest BCUT2D eigenvalue weighted by atomic mass is 9.98. The summed E-state index contributed by atoms with van der Waals surface area (Å²) in [7, 11) is 2.85. The third-order valence-corrected chi connectivity index (χ3v) is 5.31. The molecular weight excluding hydrogens is 410 g/mol. The molecular formula is C22H24F2N2O5. The van der Waals surface area contributed by atoms with Gasteiger partial charge >= 0.3 is 12.0 Å². The molecule has 2 aromatic rings. The number of carbonyl (C=O) groups excluding carboxylic acids is 2. The predicted octanol–water partition coefficient (Wildman–Crippen LogP) is 3.65. The third-order valence-electron chi connectivity index (χ3n) is 5.31. The fourth-order valence-corrected chi connectivity index (χ4v) is 3.42. The minimum absolute atomic E-state index is 0.00344. The van der Waals surface area contributed by atoms with Crippen molar-refractivity contribution in [3.05, 3.63) is 58.7 Å². The SMILES string of the molecule is COC(=O)c1ccc2c(c1)N(Cc1c(F)cc(OCCCO)cc1F)C(=O)N(C)C2C. The van der Waals surface area contributed by atoms with Crippen molar-refractivity contribution in [2.24, 2.45) is 0 Å². The number of aliphatic hydroxyl groups excluding tert-OH is 1. The number of anilines is 1. The van der Waals surface area contributed by atoms with Crippen molar-refractivity contribution in [2.75, 3.05) is 32.3 Å². The Hall–Kier alpha value is -3.20. The summed E-state index contributed by atoms with van der Waals surface area (Å²) in [6, 6.07) is 6.12. The van der Waals surface area contributed by atoms with Gasteiger partial charge in [0.05, 0.1) is 37.6 Å². The summed E-state index contributed by atoms with van der Waals surface area (Å²) in [5, 5.41) is 8.80. The lowest BCUT2D eigenvalue weighted by Crippen LogP contribution is -2.46. The van der Waals surface area contributed by atoms with Gasteiger partial charge in [0.25, 0.3) is 0 Å². The van der Waals surface area contributed by atoms with Crippen LogP contribution in [0, 0.1) is 11.6 Å². The Morgan fingerprint density at radius 1 is 1.19 bits per heavy atom. The molecule has 0 aromatic heterocycles. The Balaban J connectivity index is 1.98. The summed E-state index contributed by atoms with van der Waals surface area (Å²) in [6.07, 6.45) is 0.330. The van der Waals surface area contributed by atoms with Gasteiger partial charge in [-0.15, -0.1) is 0 Å². The van der Waals surface area contributed by atoms with Gasteiger partial charge < -0.3 is 19.5 Å². The maximum absolute atomic E-state index is 14.7. The summed E-state index contributed by atoms with van der Waals surface area (Å²) in [5.41, 5.74) is 1.05. The first-order chi connectivity index (χ1) is 14.8. The van der Waals surface area contributed by atoms with E-state index in [2.05, 4.69) is 0 Å². The fraction of sp³-hybridized carbons (Fsp3) is 0.364. The molecule has 9 heteroatoms. The van der Waals surface area contributed by atoms with Gasteiger partial charge in [-0.05, 0) is 24.6 Å². The van der Waals surface area contributed by atoms with Crippen LogP contribution in [0.2, 0.25) is 0 Å². The zero-order chi connectivity index (χ0) is 22.7. The number of fused-ring (bicyclic) bond motifs is 1. The molecule has 1 N–H and O–H groups in total. The van der Waals surface area contributed by atoms with Crippen molar-refractivity contribution >= 4 is 17.7 Å². The van der Waals surface area contributed by atoms with Gasteiger partial charge in [0.15, 0.2) is 0 Å². The normalized spacial score (nSPS) is 15.7. The molecule has 0 fully saturated rings. The molecule has 1 unspecified atom stereocenters. The van der Waals surface area contributed by atoms with E-state index in [1.54, 1.807) is 19.2 Å². The number of rotatable bonds is 7. The van der Waals surface area contributed by atoms with Crippen molar-refractivity contribution in [1.82, 2.24) is 4.90 Å². The Morgan fingerprint density at radius 2 is 1.87 bits per heavy atom. The number of ether oxygens (including phenoxy) is 2. The van der Waals surface area contributed by atoms with E-state index in [0.717, 1.165) is 17.7 Å². The number of hydrogen-bond acceptors (Lipinski definition) is 5. The molecule has 166 valence electrons. The molecule has 0 spiro atoms. The number of aliphatic hydroxyl groups is 1. The highest BCUT2D eigenvalue weighted by molar-refractivity contribution is 5.98. The molecule has 0 saturated heterocycles. The van der Waals surface area contributed by atoms with Crippen LogP contribution >= 0.6 is 0 Å². The second-order valence-corrected chi connectivity index (χ2v) is 7.21. The molecule has 0 bridgehead atoms. The summed E-state index contributed by atoms with van der Waals surface area (Å²) in [4.78, 5) is 27.6. The fourth-order valence-electron chi connectivity index (χ4n) is 3.42. The first kappa shape index (κ1) is 22.5. The van der Waals surface area contributed by atoms with E-state index in [9.17, 15) is 18.4 Å². The first-order valence-electron chi connectivity index (χ1n) is 9.76. The van der Waals surface area contributed by atoms with Gasteiger partial charge in [-0.25, -0.2) is 18.4 Å². The second-order valence-electron chi connectivity index (χ2n) is 7.21. The average Bonchev–Trinajstić information content (AvgIpc) is 2.76. The summed E-state index contributed by atoms with van der Waals surface area (Å²) in [5.74, 6) is -2.31. The molecule has 0 radical (unpaired) electrons. The number of urea groups is 1. The lowest BCUT2D eigenvalue weighted by molar-refractivity contribution is 0.0600. The van der Waals surface area contributed by atoms with Crippen LogP contribution < -0.4 is 9.64 Å². The van der Waals surface area contributed by atoms with E-state index in [1.165, 1.54) is 23.0 Å². The number of carbonyl (C=O) groups is 2. The number of amides is 2. The Labute approximate surface area is 178 Å². The van der Waals surface area contributed by atoms with E-state index >= 15 is 0 Å². The van der Waals surface area contributed by atoms with Gasteiger partial charge in [-0.1, -0.05) is 6.07 Å². The number of nitrogens with zero attached hydrogens (tertiary/aromatic N) is 2. The summed E-state index contributed by atoms with van der Waals surface area (Å²) >= 11 is 0. The van der Waals surface area contributed by atoms with E-state index in [4.69, 9.17) is 14.6 Å². The third kappa shape index (κ3) is 4.46. The van der Waals surface area contributed by atoms with Crippen LogP contribution in [0.5, 0.6) is 5.75 Å². The van der Waals surface area contributed by atoms with E-state index in [1.807, 2.05) is 6.92 Å². The minimum atomic E-state index is -0.862. The summed E-state index contributed by atoms with van der Waals surface area (Å²) in [6.45, 7) is 1.47. The zero-order valence-corrected chi connectivity index (χ0v) is 17.5. The van der Waals surface area contributed by atoms with Crippen LogP contribution in [-0.2, 0) is 11.3 Å². The van der Waals surface area contributed by atoms with Gasteiger partial charge in [-0.3, -0.25) is 4.90 Å². The maximum atomic E-state index is 14.7. The zero-order valence-electron chi connectivity index (χ0n) is 17.5. The van der Waals surface area contributed by atoms with Crippen LogP contribution in [0.3, 0.4) is 0 Å². The topological polar surface area (TPSA) is 79.3 Å². The molecule has 1 aliphatic heterocycles. The van der Waals surface area contributed by atoms with Crippen molar-refractivity contribution < 1.29 is 33.0 Å². The standard InChI is InChI=1S/C22H24F2N2O5/c1-13-16-6-5-14(21(28)30-3)9-20(16)26(22(29)25(13)2)12-17-18(23)10-15(11-19(17)24)31-8-4-7-27/h5-6,9-11,13,27H,4,7-8,12H2,1-3H3. The van der Waals surface area contributed by atoms with Crippen molar-refractivity contribution in [3.8, 4) is 5.75 Å². The largest absolute Gasteiger partial charge is 0.493 e. The Morgan fingerprint density at radius 3 is 2.48 bits per heavy atom. The molecule has 0 aliphatic carbocycles. The molecule has 2 amide bonds. The van der Waals surface area contributed by atoms with Crippen LogP contribution in [0.25, 0.3) is 0 Å². The predicted molar refractivity (Wildman–Crippen MR) is 109 cm³/mol.